The van der Waals surface area contributed by atoms with E-state index in [9.17, 15) is 18.0 Å². The van der Waals surface area contributed by atoms with Crippen molar-refractivity contribution in [1.82, 2.24) is 15.4 Å². The second-order valence-corrected chi connectivity index (χ2v) is 10.6. The van der Waals surface area contributed by atoms with Gasteiger partial charge in [-0.15, -0.1) is 0 Å². The third-order valence-electron chi connectivity index (χ3n) is 5.34. The van der Waals surface area contributed by atoms with Gasteiger partial charge in [0.2, 0.25) is 21.8 Å². The summed E-state index contributed by atoms with van der Waals surface area (Å²) < 4.78 is 27.4. The fraction of sp³-hybridized carbons (Fsp3) is 0.619. The van der Waals surface area contributed by atoms with Crippen LogP contribution in [0, 0.1) is 17.8 Å². The molecule has 168 valence electrons. The quantitative estimate of drug-likeness (QED) is 0.530. The van der Waals surface area contributed by atoms with Crippen molar-refractivity contribution in [2.45, 2.75) is 57.4 Å². The Morgan fingerprint density at radius 1 is 1.07 bits per heavy atom. The Hall–Kier alpha value is -1.64. The zero-order chi connectivity index (χ0) is 22.3. The molecule has 1 aliphatic carbocycles. The van der Waals surface area contributed by atoms with Gasteiger partial charge in [0.15, 0.2) is 0 Å². The highest BCUT2D eigenvalue weighted by molar-refractivity contribution is 7.89. The summed E-state index contributed by atoms with van der Waals surface area (Å²) in [7, 11) is -3.58. The van der Waals surface area contributed by atoms with Crippen LogP contribution in [0.5, 0.6) is 0 Å². The molecule has 1 atom stereocenters. The lowest BCUT2D eigenvalue weighted by atomic mass is 9.81. The van der Waals surface area contributed by atoms with Crippen molar-refractivity contribution in [2.75, 3.05) is 13.1 Å². The molecule has 2 rings (SSSR count). The number of rotatable bonds is 9. The Morgan fingerprint density at radius 3 is 2.23 bits per heavy atom. The van der Waals surface area contributed by atoms with Gasteiger partial charge in [-0.1, -0.05) is 25.4 Å². The fourth-order valence-electron chi connectivity index (χ4n) is 3.41. The Kier molecular flexibility index (Phi) is 9.12. The van der Waals surface area contributed by atoms with E-state index >= 15 is 0 Å². The van der Waals surface area contributed by atoms with E-state index in [1.807, 2.05) is 13.8 Å². The summed E-state index contributed by atoms with van der Waals surface area (Å²) in [4.78, 5) is 24.7. The number of benzene rings is 1. The number of nitrogens with one attached hydrogen (secondary N) is 3. The number of carbonyl (C=O) groups is 2. The maximum absolute atomic E-state index is 12.5. The molecule has 0 heterocycles. The number of sulfonamides is 1. The summed E-state index contributed by atoms with van der Waals surface area (Å²) in [5.41, 5.74) is 0. The summed E-state index contributed by atoms with van der Waals surface area (Å²) in [5, 5.41) is 6.10. The molecule has 0 spiro atoms. The number of hydrogen-bond acceptors (Lipinski definition) is 4. The SMILES string of the molecule is CC(C)CNC(=O)[C@H](C)NC(=O)C1CCC(CNS(=O)(=O)c2ccc(Cl)cc2)CC1. The molecule has 1 aliphatic rings. The predicted octanol–water partition coefficient (Wildman–Crippen LogP) is 2.70. The molecule has 9 heteroatoms. The highest BCUT2D eigenvalue weighted by Gasteiger charge is 2.29. The number of carbonyl (C=O) groups excluding carboxylic acids is 2. The molecule has 3 N–H and O–H groups in total. The number of hydrogen-bond donors (Lipinski definition) is 3. The van der Waals surface area contributed by atoms with Crippen LogP contribution in [-0.2, 0) is 19.6 Å². The normalized spacial score (nSPS) is 20.6. The minimum absolute atomic E-state index is 0.109. The Labute approximate surface area is 184 Å². The van der Waals surface area contributed by atoms with Gasteiger partial charge < -0.3 is 10.6 Å². The van der Waals surface area contributed by atoms with Gasteiger partial charge in [-0.25, -0.2) is 13.1 Å². The summed E-state index contributed by atoms with van der Waals surface area (Å²) in [6.07, 6.45) is 2.88. The molecule has 1 saturated carbocycles. The van der Waals surface area contributed by atoms with Crippen LogP contribution in [0.1, 0.15) is 46.5 Å². The maximum Gasteiger partial charge on any atom is 0.242 e. The van der Waals surface area contributed by atoms with Crippen LogP contribution in [0.25, 0.3) is 0 Å². The second kappa shape index (κ2) is 11.1. The van der Waals surface area contributed by atoms with Crippen molar-refractivity contribution in [2.24, 2.45) is 17.8 Å². The van der Waals surface area contributed by atoms with Gasteiger partial charge in [0.1, 0.15) is 6.04 Å². The van der Waals surface area contributed by atoms with Crippen LogP contribution in [0.3, 0.4) is 0 Å². The van der Waals surface area contributed by atoms with Crippen LogP contribution in [0.2, 0.25) is 5.02 Å². The smallest absolute Gasteiger partial charge is 0.242 e. The standard InChI is InChI=1S/C21H32ClN3O4S/c1-14(2)12-23-20(26)15(3)25-21(27)17-6-4-16(5-7-17)13-24-30(28,29)19-10-8-18(22)9-11-19/h8-11,14-17,24H,4-7,12-13H2,1-3H3,(H,23,26)(H,25,27)/t15-,16?,17?/m0/s1. The molecule has 0 radical (unpaired) electrons. The zero-order valence-corrected chi connectivity index (χ0v) is 19.4. The van der Waals surface area contributed by atoms with Crippen molar-refractivity contribution >= 4 is 33.4 Å². The topological polar surface area (TPSA) is 104 Å². The molecule has 1 aromatic rings. The van der Waals surface area contributed by atoms with E-state index in [2.05, 4.69) is 15.4 Å². The summed E-state index contributed by atoms with van der Waals surface area (Å²) in [6.45, 7) is 6.63. The van der Waals surface area contributed by atoms with E-state index in [-0.39, 0.29) is 28.5 Å². The summed E-state index contributed by atoms with van der Waals surface area (Å²) in [6, 6.07) is 5.48. The molecule has 2 amide bonds. The van der Waals surface area contributed by atoms with Gasteiger partial charge in [0.05, 0.1) is 4.90 Å². The lowest BCUT2D eigenvalue weighted by Crippen LogP contribution is -2.48. The van der Waals surface area contributed by atoms with E-state index in [1.54, 1.807) is 19.1 Å². The van der Waals surface area contributed by atoms with Crippen LogP contribution in [0.15, 0.2) is 29.2 Å². The van der Waals surface area contributed by atoms with Crippen LogP contribution >= 0.6 is 11.6 Å². The zero-order valence-electron chi connectivity index (χ0n) is 17.8. The first-order chi connectivity index (χ1) is 14.1. The monoisotopic (exact) mass is 457 g/mol. The van der Waals surface area contributed by atoms with Gasteiger partial charge >= 0.3 is 0 Å². The molecule has 1 fully saturated rings. The fourth-order valence-corrected chi connectivity index (χ4v) is 4.65. The molecule has 30 heavy (non-hydrogen) atoms. The van der Waals surface area contributed by atoms with E-state index in [4.69, 9.17) is 11.6 Å². The average Bonchev–Trinajstić information content (AvgIpc) is 2.71. The molecule has 0 saturated heterocycles. The van der Waals surface area contributed by atoms with Crippen molar-refractivity contribution in [1.29, 1.82) is 0 Å². The van der Waals surface area contributed by atoms with E-state index in [0.29, 0.717) is 36.9 Å². The Morgan fingerprint density at radius 2 is 1.67 bits per heavy atom. The van der Waals surface area contributed by atoms with Gasteiger partial charge in [0.25, 0.3) is 0 Å². The van der Waals surface area contributed by atoms with Gasteiger partial charge in [0, 0.05) is 24.0 Å². The minimum atomic E-state index is -3.58. The summed E-state index contributed by atoms with van der Waals surface area (Å²) >= 11 is 5.81. The largest absolute Gasteiger partial charge is 0.354 e. The first-order valence-corrected chi connectivity index (χ1v) is 12.3. The highest BCUT2D eigenvalue weighted by atomic mass is 35.5. The Balaban J connectivity index is 1.75. The molecular formula is C21H32ClN3O4S. The molecule has 0 aliphatic heterocycles. The predicted molar refractivity (Wildman–Crippen MR) is 118 cm³/mol. The first kappa shape index (κ1) is 24.6. The lowest BCUT2D eigenvalue weighted by molar-refractivity contribution is -0.131. The van der Waals surface area contributed by atoms with Crippen molar-refractivity contribution in [3.05, 3.63) is 29.3 Å². The van der Waals surface area contributed by atoms with Gasteiger partial charge in [-0.05, 0) is 68.7 Å². The van der Waals surface area contributed by atoms with Gasteiger partial charge in [-0.2, -0.15) is 0 Å². The molecular weight excluding hydrogens is 426 g/mol. The van der Waals surface area contributed by atoms with Crippen molar-refractivity contribution in [3.8, 4) is 0 Å². The van der Waals surface area contributed by atoms with Crippen molar-refractivity contribution in [3.63, 3.8) is 0 Å². The van der Waals surface area contributed by atoms with Crippen molar-refractivity contribution < 1.29 is 18.0 Å². The first-order valence-electron chi connectivity index (χ1n) is 10.4. The van der Waals surface area contributed by atoms with E-state index in [0.717, 1.165) is 12.8 Å². The van der Waals surface area contributed by atoms with Crippen LogP contribution in [0.4, 0.5) is 0 Å². The van der Waals surface area contributed by atoms with E-state index in [1.165, 1.54) is 12.1 Å². The molecule has 1 aromatic carbocycles. The Bertz CT molecular complexity index is 819. The minimum Gasteiger partial charge on any atom is -0.354 e. The third-order valence-corrected chi connectivity index (χ3v) is 7.03. The molecule has 0 bridgehead atoms. The second-order valence-electron chi connectivity index (χ2n) is 8.39. The lowest BCUT2D eigenvalue weighted by Gasteiger charge is -2.28. The average molecular weight is 458 g/mol. The summed E-state index contributed by atoms with van der Waals surface area (Å²) in [5.74, 6) is 0.103. The molecule has 0 unspecified atom stereocenters. The van der Waals surface area contributed by atoms with Crippen LogP contribution in [-0.4, -0.2) is 39.4 Å². The number of amides is 2. The highest BCUT2D eigenvalue weighted by Crippen LogP contribution is 2.29. The third kappa shape index (κ3) is 7.56. The molecule has 0 aromatic heterocycles. The molecule has 7 nitrogen and oxygen atoms in total. The maximum atomic E-state index is 12.5. The van der Waals surface area contributed by atoms with Crippen LogP contribution < -0.4 is 15.4 Å². The van der Waals surface area contributed by atoms with E-state index < -0.39 is 16.1 Å². The number of halogens is 1. The van der Waals surface area contributed by atoms with Gasteiger partial charge in [-0.3, -0.25) is 9.59 Å².